The summed E-state index contributed by atoms with van der Waals surface area (Å²) in [6.45, 7) is 8.06. The number of thiazole rings is 1. The molecule has 0 saturated heterocycles. The van der Waals surface area contributed by atoms with Crippen LogP contribution < -0.4 is 5.32 Å². The minimum absolute atomic E-state index is 0.0826. The average Bonchev–Trinajstić information content (AvgIpc) is 3.13. The van der Waals surface area contributed by atoms with Crippen molar-refractivity contribution >= 4 is 17.0 Å². The van der Waals surface area contributed by atoms with Gasteiger partial charge in [0.25, 0.3) is 0 Å². The Morgan fingerprint density at radius 2 is 2.17 bits per heavy atom. The fourth-order valence-corrected chi connectivity index (χ4v) is 3.03. The molecule has 0 aliphatic heterocycles. The molecule has 0 amide bonds. The van der Waals surface area contributed by atoms with Crippen LogP contribution in [-0.4, -0.2) is 51.7 Å². The van der Waals surface area contributed by atoms with E-state index in [1.54, 1.807) is 41.4 Å². The lowest BCUT2D eigenvalue weighted by molar-refractivity contribution is -0.129. The zero-order valence-corrected chi connectivity index (χ0v) is 15.8. The smallest absolute Gasteiger partial charge is 0.0981 e. The minimum atomic E-state index is -0.543. The summed E-state index contributed by atoms with van der Waals surface area (Å²) in [6, 6.07) is 0. The minimum Gasteiger partial charge on any atom is -0.390 e. The third-order valence-electron chi connectivity index (χ3n) is 3.47. The number of aromatic nitrogens is 3. The van der Waals surface area contributed by atoms with Gasteiger partial charge < -0.3 is 15.3 Å². The molecule has 2 aromatic rings. The Hall–Kier alpha value is -1.48. The van der Waals surface area contributed by atoms with E-state index in [1.165, 1.54) is 4.88 Å². The van der Waals surface area contributed by atoms with Gasteiger partial charge in [0.1, 0.15) is 0 Å². The topological polar surface area (TPSA) is 75.4 Å². The van der Waals surface area contributed by atoms with Gasteiger partial charge in [-0.25, -0.2) is 4.98 Å². The molecule has 2 N–H and O–H groups in total. The molecule has 0 bridgehead atoms. The van der Waals surface area contributed by atoms with Crippen LogP contribution in [0.15, 0.2) is 18.6 Å². The fraction of sp³-hybridized carbons (Fsp3) is 0.625. The number of nitrogens with zero attached hydrogens (tertiary/aromatic N) is 4. The van der Waals surface area contributed by atoms with Gasteiger partial charge in [-0.1, -0.05) is 20.8 Å². The van der Waals surface area contributed by atoms with Crippen molar-refractivity contribution in [2.75, 3.05) is 26.0 Å². The third kappa shape index (κ3) is 5.55. The standard InChI is InChI=1S/C16H27N5O2S/c1-16(2,3)15-18-8-14(24-15)7-17-12-6-19-21(9-12)11-13(22)10-20(4)23-5/h6,8-9,13,17,22H,7,10-11H2,1-5H3. The zero-order chi connectivity index (χ0) is 17.7. The van der Waals surface area contributed by atoms with E-state index in [0.29, 0.717) is 19.6 Å². The quantitative estimate of drug-likeness (QED) is 0.708. The Balaban J connectivity index is 1.84. The molecule has 2 heterocycles. The van der Waals surface area contributed by atoms with Gasteiger partial charge in [0, 0.05) is 29.7 Å². The van der Waals surface area contributed by atoms with Crippen LogP contribution in [0.5, 0.6) is 0 Å². The lowest BCUT2D eigenvalue weighted by Crippen LogP contribution is -2.31. The zero-order valence-electron chi connectivity index (χ0n) is 15.0. The molecule has 2 rings (SSSR count). The molecule has 2 aromatic heterocycles. The van der Waals surface area contributed by atoms with E-state index in [-0.39, 0.29) is 5.41 Å². The van der Waals surface area contributed by atoms with Crippen LogP contribution in [0.1, 0.15) is 30.7 Å². The van der Waals surface area contributed by atoms with Crippen LogP contribution in [0.2, 0.25) is 0 Å². The molecule has 0 fully saturated rings. The number of hydrogen-bond donors (Lipinski definition) is 2. The summed E-state index contributed by atoms with van der Waals surface area (Å²) in [5.74, 6) is 0. The highest BCUT2D eigenvalue weighted by Gasteiger charge is 2.18. The maximum Gasteiger partial charge on any atom is 0.0981 e. The van der Waals surface area contributed by atoms with E-state index in [9.17, 15) is 5.11 Å². The maximum absolute atomic E-state index is 9.99. The molecule has 0 radical (unpaired) electrons. The lowest BCUT2D eigenvalue weighted by Gasteiger charge is -2.17. The second-order valence-corrected chi connectivity index (χ2v) is 7.95. The van der Waals surface area contributed by atoms with E-state index >= 15 is 0 Å². The second kappa shape index (κ2) is 8.06. The molecule has 1 unspecified atom stereocenters. The molecule has 0 saturated carbocycles. The maximum atomic E-state index is 9.99. The van der Waals surface area contributed by atoms with Crippen molar-refractivity contribution in [2.24, 2.45) is 0 Å². The first-order chi connectivity index (χ1) is 11.3. The predicted octanol–water partition coefficient (Wildman–Crippen LogP) is 2.10. The Kier molecular flexibility index (Phi) is 6.34. The molecule has 7 nitrogen and oxygen atoms in total. The van der Waals surface area contributed by atoms with E-state index in [0.717, 1.165) is 10.7 Å². The highest BCUT2D eigenvalue weighted by atomic mass is 32.1. The number of nitrogens with one attached hydrogen (secondary N) is 1. The van der Waals surface area contributed by atoms with E-state index in [1.807, 2.05) is 12.4 Å². The van der Waals surface area contributed by atoms with Gasteiger partial charge in [-0.15, -0.1) is 11.3 Å². The van der Waals surface area contributed by atoms with E-state index in [2.05, 4.69) is 36.2 Å². The van der Waals surface area contributed by atoms with Gasteiger partial charge in [-0.2, -0.15) is 10.2 Å². The predicted molar refractivity (Wildman–Crippen MR) is 96.0 cm³/mol. The van der Waals surface area contributed by atoms with Gasteiger partial charge in [-0.3, -0.25) is 4.68 Å². The first kappa shape index (κ1) is 18.9. The summed E-state index contributed by atoms with van der Waals surface area (Å²) < 4.78 is 1.73. The molecule has 0 spiro atoms. The number of rotatable bonds is 8. The monoisotopic (exact) mass is 353 g/mol. The summed E-state index contributed by atoms with van der Waals surface area (Å²) in [7, 11) is 3.35. The number of hydroxylamine groups is 2. The first-order valence-electron chi connectivity index (χ1n) is 7.92. The molecule has 8 heteroatoms. The molecule has 134 valence electrons. The van der Waals surface area contributed by atoms with Crippen LogP contribution in [0, 0.1) is 0 Å². The number of anilines is 1. The van der Waals surface area contributed by atoms with Crippen molar-refractivity contribution in [1.82, 2.24) is 19.8 Å². The molecule has 1 atom stereocenters. The molecule has 0 aromatic carbocycles. The highest BCUT2D eigenvalue weighted by Crippen LogP contribution is 2.27. The molecule has 0 aliphatic rings. The van der Waals surface area contributed by atoms with E-state index in [4.69, 9.17) is 4.84 Å². The van der Waals surface area contributed by atoms with Crippen molar-refractivity contribution in [1.29, 1.82) is 0 Å². The molecular weight excluding hydrogens is 326 g/mol. The van der Waals surface area contributed by atoms with Crippen molar-refractivity contribution in [3.8, 4) is 0 Å². The summed E-state index contributed by atoms with van der Waals surface area (Å²) >= 11 is 1.73. The van der Waals surface area contributed by atoms with Crippen LogP contribution in [-0.2, 0) is 23.3 Å². The Labute approximate surface area is 147 Å². The van der Waals surface area contributed by atoms with E-state index < -0.39 is 6.10 Å². The SMILES string of the molecule is CON(C)CC(O)Cn1cc(NCc2cnc(C(C)(C)C)s2)cn1. The van der Waals surface area contributed by atoms with Crippen molar-refractivity contribution in [3.63, 3.8) is 0 Å². The Bertz CT molecular complexity index is 634. The van der Waals surface area contributed by atoms with Crippen LogP contribution in [0.3, 0.4) is 0 Å². The van der Waals surface area contributed by atoms with Crippen LogP contribution in [0.4, 0.5) is 5.69 Å². The summed E-state index contributed by atoms with van der Waals surface area (Å²) in [6.07, 6.45) is 5.03. The number of aliphatic hydroxyl groups is 1. The molecular formula is C16H27N5O2S. The van der Waals surface area contributed by atoms with Crippen molar-refractivity contribution < 1.29 is 9.94 Å². The Morgan fingerprint density at radius 3 is 2.79 bits per heavy atom. The summed E-state index contributed by atoms with van der Waals surface area (Å²) in [5, 5.41) is 20.3. The molecule has 0 aliphatic carbocycles. The van der Waals surface area contributed by atoms with Gasteiger partial charge in [-0.05, 0) is 0 Å². The van der Waals surface area contributed by atoms with Crippen molar-refractivity contribution in [3.05, 3.63) is 28.5 Å². The van der Waals surface area contributed by atoms with Crippen LogP contribution in [0.25, 0.3) is 0 Å². The molecule has 24 heavy (non-hydrogen) atoms. The normalized spacial score (nSPS) is 13.5. The lowest BCUT2D eigenvalue weighted by atomic mass is 9.98. The van der Waals surface area contributed by atoms with Gasteiger partial charge in [0.2, 0.25) is 0 Å². The number of hydrogen-bond acceptors (Lipinski definition) is 7. The third-order valence-corrected chi connectivity index (χ3v) is 4.90. The summed E-state index contributed by atoms with van der Waals surface area (Å²) in [4.78, 5) is 10.7. The van der Waals surface area contributed by atoms with Gasteiger partial charge in [0.05, 0.1) is 49.7 Å². The number of likely N-dealkylation sites (N-methyl/N-ethyl adjacent to an activating group) is 1. The largest absolute Gasteiger partial charge is 0.390 e. The van der Waals surface area contributed by atoms with Gasteiger partial charge >= 0.3 is 0 Å². The fourth-order valence-electron chi connectivity index (χ4n) is 2.12. The Morgan fingerprint density at radius 1 is 1.42 bits per heavy atom. The van der Waals surface area contributed by atoms with Gasteiger partial charge in [0.15, 0.2) is 0 Å². The first-order valence-corrected chi connectivity index (χ1v) is 8.74. The summed E-state index contributed by atoms with van der Waals surface area (Å²) in [5.41, 5.74) is 1.01. The highest BCUT2D eigenvalue weighted by molar-refractivity contribution is 7.11. The second-order valence-electron chi connectivity index (χ2n) is 6.83. The van der Waals surface area contributed by atoms with Crippen molar-refractivity contribution in [2.45, 2.75) is 45.4 Å². The van der Waals surface area contributed by atoms with Crippen LogP contribution >= 0.6 is 11.3 Å². The number of aliphatic hydroxyl groups excluding tert-OH is 1. The average molecular weight is 353 g/mol.